The van der Waals surface area contributed by atoms with Gasteiger partial charge in [0.15, 0.2) is 21.4 Å². The third-order valence-electron chi connectivity index (χ3n) is 3.00. The number of imidazole rings is 1. The lowest BCUT2D eigenvalue weighted by Gasteiger charge is -2.21. The standard InChI is InChI=1S/C11H11BrClN3O/c12-8-4-3-7(17-8)11-15-10(13)9-6(14)2-1-5-16(9)11/h3-4,6H,1-2,5,14H2. The number of aromatic nitrogens is 2. The van der Waals surface area contributed by atoms with Crippen LogP contribution in [0, 0.1) is 0 Å². The van der Waals surface area contributed by atoms with Gasteiger partial charge in [-0.05, 0) is 40.9 Å². The molecule has 0 saturated carbocycles. The van der Waals surface area contributed by atoms with Gasteiger partial charge in [-0.2, -0.15) is 0 Å². The Hall–Kier alpha value is -0.780. The molecule has 4 nitrogen and oxygen atoms in total. The van der Waals surface area contributed by atoms with Gasteiger partial charge >= 0.3 is 0 Å². The SMILES string of the molecule is NC1CCCn2c(-c3ccc(Br)o3)nc(Cl)c21. The van der Waals surface area contributed by atoms with Crippen molar-refractivity contribution in [3.8, 4) is 11.6 Å². The molecule has 0 fully saturated rings. The van der Waals surface area contributed by atoms with Crippen LogP contribution in [0.25, 0.3) is 11.6 Å². The Morgan fingerprint density at radius 2 is 2.35 bits per heavy atom. The first-order valence-electron chi connectivity index (χ1n) is 5.44. The zero-order valence-electron chi connectivity index (χ0n) is 8.99. The number of hydrogen-bond donors (Lipinski definition) is 1. The van der Waals surface area contributed by atoms with Crippen LogP contribution in [0.1, 0.15) is 24.6 Å². The van der Waals surface area contributed by atoms with Gasteiger partial charge in [0.2, 0.25) is 0 Å². The van der Waals surface area contributed by atoms with Gasteiger partial charge in [0.1, 0.15) is 0 Å². The first-order chi connectivity index (χ1) is 8.16. The summed E-state index contributed by atoms with van der Waals surface area (Å²) in [6, 6.07) is 3.68. The summed E-state index contributed by atoms with van der Waals surface area (Å²) in [6.45, 7) is 0.885. The van der Waals surface area contributed by atoms with Crippen LogP contribution in [-0.2, 0) is 6.54 Å². The fourth-order valence-corrected chi connectivity index (χ4v) is 2.87. The van der Waals surface area contributed by atoms with E-state index in [0.29, 0.717) is 15.6 Å². The molecule has 90 valence electrons. The Morgan fingerprint density at radius 1 is 1.53 bits per heavy atom. The van der Waals surface area contributed by atoms with E-state index in [9.17, 15) is 0 Å². The molecular weight excluding hydrogens is 305 g/mol. The molecule has 1 atom stereocenters. The highest BCUT2D eigenvalue weighted by Gasteiger charge is 2.26. The Kier molecular flexibility index (Phi) is 2.77. The van der Waals surface area contributed by atoms with E-state index < -0.39 is 0 Å². The van der Waals surface area contributed by atoms with Crippen LogP contribution in [0.4, 0.5) is 0 Å². The van der Waals surface area contributed by atoms with Crippen LogP contribution in [0.5, 0.6) is 0 Å². The number of nitrogens with zero attached hydrogens (tertiary/aromatic N) is 2. The van der Waals surface area contributed by atoms with Crippen LogP contribution in [0.2, 0.25) is 5.15 Å². The Bertz CT molecular complexity index is 563. The molecule has 17 heavy (non-hydrogen) atoms. The van der Waals surface area contributed by atoms with Crippen molar-refractivity contribution in [1.29, 1.82) is 0 Å². The van der Waals surface area contributed by atoms with E-state index >= 15 is 0 Å². The van der Waals surface area contributed by atoms with Gasteiger partial charge in [-0.1, -0.05) is 11.6 Å². The van der Waals surface area contributed by atoms with Gasteiger partial charge in [-0.3, -0.25) is 0 Å². The first kappa shape index (κ1) is 11.3. The molecule has 0 bridgehead atoms. The lowest BCUT2D eigenvalue weighted by Crippen LogP contribution is -2.21. The van der Waals surface area contributed by atoms with Crippen molar-refractivity contribution < 1.29 is 4.42 Å². The van der Waals surface area contributed by atoms with Crippen LogP contribution >= 0.6 is 27.5 Å². The van der Waals surface area contributed by atoms with Gasteiger partial charge in [-0.25, -0.2) is 4.98 Å². The minimum atomic E-state index is -0.0316. The lowest BCUT2D eigenvalue weighted by molar-refractivity contribution is 0.460. The van der Waals surface area contributed by atoms with Crippen molar-refractivity contribution in [2.24, 2.45) is 5.73 Å². The van der Waals surface area contributed by atoms with Crippen LogP contribution in [-0.4, -0.2) is 9.55 Å². The third-order valence-corrected chi connectivity index (χ3v) is 3.71. The molecule has 3 rings (SSSR count). The van der Waals surface area contributed by atoms with E-state index in [2.05, 4.69) is 25.5 Å². The fourth-order valence-electron chi connectivity index (χ4n) is 2.24. The molecule has 0 amide bonds. The highest BCUT2D eigenvalue weighted by molar-refractivity contribution is 9.10. The molecule has 6 heteroatoms. The van der Waals surface area contributed by atoms with Gasteiger partial charge in [0, 0.05) is 12.6 Å². The number of nitrogens with two attached hydrogens (primary N) is 1. The summed E-state index contributed by atoms with van der Waals surface area (Å²) in [7, 11) is 0. The summed E-state index contributed by atoms with van der Waals surface area (Å²) in [4.78, 5) is 4.36. The van der Waals surface area contributed by atoms with Crippen molar-refractivity contribution >= 4 is 27.5 Å². The van der Waals surface area contributed by atoms with Gasteiger partial charge in [-0.15, -0.1) is 0 Å². The summed E-state index contributed by atoms with van der Waals surface area (Å²) >= 11 is 9.43. The van der Waals surface area contributed by atoms with Gasteiger partial charge in [0.05, 0.1) is 5.69 Å². The molecule has 0 aliphatic carbocycles. The Balaban J connectivity index is 2.16. The molecule has 1 aliphatic rings. The number of hydrogen-bond acceptors (Lipinski definition) is 3. The molecule has 0 aromatic carbocycles. The number of rotatable bonds is 1. The van der Waals surface area contributed by atoms with E-state index in [-0.39, 0.29) is 6.04 Å². The molecule has 3 heterocycles. The van der Waals surface area contributed by atoms with Gasteiger partial charge in [0.25, 0.3) is 0 Å². The maximum atomic E-state index is 6.15. The topological polar surface area (TPSA) is 57.0 Å². The molecule has 0 spiro atoms. The second-order valence-electron chi connectivity index (χ2n) is 4.12. The average molecular weight is 317 g/mol. The highest BCUT2D eigenvalue weighted by Crippen LogP contribution is 2.35. The van der Waals surface area contributed by atoms with E-state index in [1.54, 1.807) is 0 Å². The maximum absolute atomic E-state index is 6.15. The molecular formula is C11H11BrClN3O. The van der Waals surface area contributed by atoms with E-state index in [4.69, 9.17) is 21.8 Å². The summed E-state index contributed by atoms with van der Waals surface area (Å²) in [6.07, 6.45) is 1.99. The molecule has 2 aromatic heterocycles. The summed E-state index contributed by atoms with van der Waals surface area (Å²) < 4.78 is 8.26. The van der Waals surface area contributed by atoms with Gasteiger partial charge < -0.3 is 14.7 Å². The number of fused-ring (bicyclic) bond motifs is 1. The van der Waals surface area contributed by atoms with E-state index in [1.807, 2.05) is 12.1 Å². The molecule has 2 aromatic rings. The van der Waals surface area contributed by atoms with Crippen molar-refractivity contribution in [3.63, 3.8) is 0 Å². The number of furan rings is 1. The van der Waals surface area contributed by atoms with Crippen molar-refractivity contribution in [2.75, 3.05) is 0 Å². The largest absolute Gasteiger partial charge is 0.446 e. The fraction of sp³-hybridized carbons (Fsp3) is 0.364. The second-order valence-corrected chi connectivity index (χ2v) is 5.26. The molecule has 1 unspecified atom stereocenters. The quantitative estimate of drug-likeness (QED) is 0.877. The van der Waals surface area contributed by atoms with E-state index in [1.165, 1.54) is 0 Å². The molecule has 0 radical (unpaired) electrons. The summed E-state index contributed by atoms with van der Waals surface area (Å²) in [5, 5.41) is 0.486. The van der Waals surface area contributed by atoms with E-state index in [0.717, 1.165) is 30.9 Å². The Morgan fingerprint density at radius 3 is 3.06 bits per heavy atom. The molecule has 2 N–H and O–H groups in total. The zero-order chi connectivity index (χ0) is 12.0. The smallest absolute Gasteiger partial charge is 0.178 e. The Labute approximate surface area is 112 Å². The number of halogens is 2. The maximum Gasteiger partial charge on any atom is 0.178 e. The zero-order valence-corrected chi connectivity index (χ0v) is 11.3. The summed E-state index contributed by atoms with van der Waals surface area (Å²) in [5.41, 5.74) is 6.98. The van der Waals surface area contributed by atoms with Crippen LogP contribution in [0.15, 0.2) is 21.2 Å². The molecule has 0 saturated heterocycles. The van der Waals surface area contributed by atoms with Crippen molar-refractivity contribution in [2.45, 2.75) is 25.4 Å². The lowest BCUT2D eigenvalue weighted by atomic mass is 10.1. The predicted molar refractivity (Wildman–Crippen MR) is 68.8 cm³/mol. The van der Waals surface area contributed by atoms with Crippen LogP contribution in [0.3, 0.4) is 0 Å². The minimum Gasteiger partial charge on any atom is -0.446 e. The third kappa shape index (κ3) is 1.82. The monoisotopic (exact) mass is 315 g/mol. The minimum absolute atomic E-state index is 0.0316. The first-order valence-corrected chi connectivity index (χ1v) is 6.61. The average Bonchev–Trinajstić information content (AvgIpc) is 2.84. The molecule has 1 aliphatic heterocycles. The highest BCUT2D eigenvalue weighted by atomic mass is 79.9. The summed E-state index contributed by atoms with van der Waals surface area (Å²) in [5.74, 6) is 1.46. The normalized spacial score (nSPS) is 19.4. The van der Waals surface area contributed by atoms with Crippen molar-refractivity contribution in [3.05, 3.63) is 27.6 Å². The second kappa shape index (κ2) is 4.15. The van der Waals surface area contributed by atoms with Crippen molar-refractivity contribution in [1.82, 2.24) is 9.55 Å². The van der Waals surface area contributed by atoms with Crippen LogP contribution < -0.4 is 5.73 Å². The predicted octanol–water partition coefficient (Wildman–Crippen LogP) is 3.35.